The highest BCUT2D eigenvalue weighted by Crippen LogP contribution is 2.30. The van der Waals surface area contributed by atoms with Crippen molar-refractivity contribution in [3.05, 3.63) is 58.9 Å². The summed E-state index contributed by atoms with van der Waals surface area (Å²) in [5, 5.41) is 3.30. The zero-order valence-corrected chi connectivity index (χ0v) is 17.4. The second-order valence-corrected chi connectivity index (χ2v) is 8.00. The summed E-state index contributed by atoms with van der Waals surface area (Å²) in [5.41, 5.74) is 1.81. The van der Waals surface area contributed by atoms with E-state index in [-0.39, 0.29) is 17.6 Å². The van der Waals surface area contributed by atoms with Crippen LogP contribution in [-0.4, -0.2) is 42.9 Å². The number of carbonyl (C=O) groups excluding carboxylic acids is 2. The molecule has 0 unspecified atom stereocenters. The van der Waals surface area contributed by atoms with E-state index < -0.39 is 0 Å². The van der Waals surface area contributed by atoms with Crippen molar-refractivity contribution < 1.29 is 14.0 Å². The number of nitrogens with one attached hydrogen (secondary N) is 1. The Bertz CT molecular complexity index is 878. The first-order valence-electron chi connectivity index (χ1n) is 9.72. The van der Waals surface area contributed by atoms with Gasteiger partial charge in [-0.1, -0.05) is 25.4 Å². The van der Waals surface area contributed by atoms with Gasteiger partial charge in [0.15, 0.2) is 0 Å². The van der Waals surface area contributed by atoms with Crippen molar-refractivity contribution in [3.8, 4) is 0 Å². The van der Waals surface area contributed by atoms with Gasteiger partial charge in [0.2, 0.25) is 5.91 Å². The van der Waals surface area contributed by atoms with Crippen LogP contribution in [0.15, 0.2) is 42.5 Å². The van der Waals surface area contributed by atoms with E-state index in [4.69, 9.17) is 11.6 Å². The lowest BCUT2D eigenvalue weighted by Crippen LogP contribution is -2.49. The second-order valence-electron chi connectivity index (χ2n) is 7.59. The number of halogens is 2. The summed E-state index contributed by atoms with van der Waals surface area (Å²) in [4.78, 5) is 28.5. The molecule has 0 atom stereocenters. The molecule has 1 N–H and O–H groups in total. The standard InChI is InChI=1S/C22H25ClFN3O2/c1-15(2)13-21(28)27-11-9-26(10-12-27)20-8-7-18(14-19(20)23)25-22(29)16-3-5-17(24)6-4-16/h3-8,14-15H,9-13H2,1-2H3,(H,25,29). The molecule has 1 saturated heterocycles. The Balaban J connectivity index is 1.61. The molecule has 29 heavy (non-hydrogen) atoms. The minimum Gasteiger partial charge on any atom is -0.367 e. The van der Waals surface area contributed by atoms with E-state index in [1.54, 1.807) is 12.1 Å². The first-order chi connectivity index (χ1) is 13.8. The smallest absolute Gasteiger partial charge is 0.255 e. The monoisotopic (exact) mass is 417 g/mol. The molecule has 1 heterocycles. The highest BCUT2D eigenvalue weighted by Gasteiger charge is 2.23. The van der Waals surface area contributed by atoms with E-state index >= 15 is 0 Å². The van der Waals surface area contributed by atoms with Gasteiger partial charge in [0.1, 0.15) is 5.82 Å². The lowest BCUT2D eigenvalue weighted by atomic mass is 10.1. The minimum absolute atomic E-state index is 0.199. The highest BCUT2D eigenvalue weighted by molar-refractivity contribution is 6.33. The van der Waals surface area contributed by atoms with Gasteiger partial charge in [-0.05, 0) is 48.4 Å². The van der Waals surface area contributed by atoms with Crippen molar-refractivity contribution in [2.75, 3.05) is 36.4 Å². The van der Waals surface area contributed by atoms with Gasteiger partial charge in [-0.15, -0.1) is 0 Å². The van der Waals surface area contributed by atoms with Crippen molar-refractivity contribution in [2.45, 2.75) is 20.3 Å². The van der Waals surface area contributed by atoms with Crippen LogP contribution in [0.4, 0.5) is 15.8 Å². The molecule has 0 spiro atoms. The zero-order chi connectivity index (χ0) is 21.0. The second kappa shape index (κ2) is 9.27. The molecule has 0 saturated carbocycles. The average molecular weight is 418 g/mol. The summed E-state index contributed by atoms with van der Waals surface area (Å²) >= 11 is 6.46. The maximum atomic E-state index is 13.0. The van der Waals surface area contributed by atoms with Crippen LogP contribution in [0.25, 0.3) is 0 Å². The fourth-order valence-electron chi connectivity index (χ4n) is 3.32. The van der Waals surface area contributed by atoms with Gasteiger partial charge in [0.25, 0.3) is 5.91 Å². The van der Waals surface area contributed by atoms with E-state index in [2.05, 4.69) is 10.2 Å². The molecule has 5 nitrogen and oxygen atoms in total. The lowest BCUT2D eigenvalue weighted by Gasteiger charge is -2.36. The first-order valence-corrected chi connectivity index (χ1v) is 10.1. The van der Waals surface area contributed by atoms with Gasteiger partial charge in [-0.2, -0.15) is 0 Å². The third-order valence-electron chi connectivity index (χ3n) is 4.87. The number of nitrogens with zero attached hydrogens (tertiary/aromatic N) is 2. The summed E-state index contributed by atoms with van der Waals surface area (Å²) in [6.07, 6.45) is 0.573. The van der Waals surface area contributed by atoms with Gasteiger partial charge in [-0.25, -0.2) is 4.39 Å². The van der Waals surface area contributed by atoms with Crippen LogP contribution in [0, 0.1) is 11.7 Å². The molecule has 154 valence electrons. The molecule has 1 fully saturated rings. The first kappa shape index (κ1) is 21.1. The van der Waals surface area contributed by atoms with Crippen molar-refractivity contribution in [3.63, 3.8) is 0 Å². The highest BCUT2D eigenvalue weighted by atomic mass is 35.5. The summed E-state index contributed by atoms with van der Waals surface area (Å²) < 4.78 is 13.0. The Morgan fingerprint density at radius 1 is 1.07 bits per heavy atom. The molecule has 0 radical (unpaired) electrons. The number of hydrogen-bond acceptors (Lipinski definition) is 3. The van der Waals surface area contributed by atoms with Gasteiger partial charge < -0.3 is 15.1 Å². The quantitative estimate of drug-likeness (QED) is 0.783. The van der Waals surface area contributed by atoms with Gasteiger partial charge >= 0.3 is 0 Å². The van der Waals surface area contributed by atoms with Gasteiger partial charge in [0, 0.05) is 43.9 Å². The zero-order valence-electron chi connectivity index (χ0n) is 16.6. The van der Waals surface area contributed by atoms with Crippen LogP contribution in [0.5, 0.6) is 0 Å². The summed E-state index contributed by atoms with van der Waals surface area (Å²) in [6.45, 7) is 6.86. The molecular formula is C22H25ClFN3O2. The fraction of sp³-hybridized carbons (Fsp3) is 0.364. The maximum Gasteiger partial charge on any atom is 0.255 e. The van der Waals surface area contributed by atoms with Crippen molar-refractivity contribution in [1.29, 1.82) is 0 Å². The molecule has 1 aliphatic rings. The molecular weight excluding hydrogens is 393 g/mol. The molecule has 0 aromatic heterocycles. The molecule has 0 bridgehead atoms. The van der Waals surface area contributed by atoms with Crippen molar-refractivity contribution in [2.24, 2.45) is 5.92 Å². The number of hydrogen-bond donors (Lipinski definition) is 1. The SMILES string of the molecule is CC(C)CC(=O)N1CCN(c2ccc(NC(=O)c3ccc(F)cc3)cc2Cl)CC1. The molecule has 0 aliphatic carbocycles. The number of rotatable bonds is 5. The van der Waals surface area contributed by atoms with Crippen LogP contribution in [0.1, 0.15) is 30.6 Å². The Morgan fingerprint density at radius 2 is 1.72 bits per heavy atom. The molecule has 7 heteroatoms. The molecule has 2 aromatic carbocycles. The van der Waals surface area contributed by atoms with Crippen LogP contribution < -0.4 is 10.2 Å². The molecule has 1 aliphatic heterocycles. The van der Waals surface area contributed by atoms with E-state index in [0.29, 0.717) is 54.8 Å². The van der Waals surface area contributed by atoms with Crippen molar-refractivity contribution >= 4 is 34.8 Å². The van der Waals surface area contributed by atoms with E-state index in [0.717, 1.165) is 5.69 Å². The van der Waals surface area contributed by atoms with E-state index in [1.165, 1.54) is 24.3 Å². The number of benzene rings is 2. The van der Waals surface area contributed by atoms with Crippen LogP contribution in [0.3, 0.4) is 0 Å². The van der Waals surface area contributed by atoms with Crippen LogP contribution in [-0.2, 0) is 4.79 Å². The fourth-order valence-corrected chi connectivity index (χ4v) is 3.62. The average Bonchev–Trinajstić information content (AvgIpc) is 2.68. The van der Waals surface area contributed by atoms with Gasteiger partial charge in [0.05, 0.1) is 10.7 Å². The predicted octanol–water partition coefficient (Wildman–Crippen LogP) is 4.43. The number of carbonyl (C=O) groups is 2. The topological polar surface area (TPSA) is 52.7 Å². The Morgan fingerprint density at radius 3 is 2.31 bits per heavy atom. The third-order valence-corrected chi connectivity index (χ3v) is 5.17. The van der Waals surface area contributed by atoms with Crippen LogP contribution >= 0.6 is 11.6 Å². The molecule has 2 aromatic rings. The Hall–Kier alpha value is -2.60. The Kier molecular flexibility index (Phi) is 6.75. The summed E-state index contributed by atoms with van der Waals surface area (Å²) in [5.74, 6) is -0.164. The Labute approximate surface area is 175 Å². The third kappa shape index (κ3) is 5.48. The molecule has 3 rings (SSSR count). The van der Waals surface area contributed by atoms with Gasteiger partial charge in [-0.3, -0.25) is 9.59 Å². The number of piperazine rings is 1. The normalized spacial score (nSPS) is 14.2. The maximum absolute atomic E-state index is 13.0. The summed E-state index contributed by atoms with van der Waals surface area (Å²) in [7, 11) is 0. The summed E-state index contributed by atoms with van der Waals surface area (Å²) in [6, 6.07) is 10.7. The predicted molar refractivity (Wildman–Crippen MR) is 114 cm³/mol. The number of amides is 2. The minimum atomic E-state index is -0.389. The largest absolute Gasteiger partial charge is 0.367 e. The van der Waals surface area contributed by atoms with Crippen LogP contribution in [0.2, 0.25) is 5.02 Å². The van der Waals surface area contributed by atoms with Crippen molar-refractivity contribution in [1.82, 2.24) is 4.90 Å². The number of anilines is 2. The lowest BCUT2D eigenvalue weighted by molar-refractivity contribution is -0.132. The molecule has 2 amide bonds. The van der Waals surface area contributed by atoms with E-state index in [1.807, 2.05) is 24.8 Å². The van der Waals surface area contributed by atoms with E-state index in [9.17, 15) is 14.0 Å².